The van der Waals surface area contributed by atoms with E-state index in [1.54, 1.807) is 17.5 Å². The van der Waals surface area contributed by atoms with Crippen LogP contribution < -0.4 is 5.32 Å². The number of hydrogen-bond acceptors (Lipinski definition) is 3. The Morgan fingerprint density at radius 1 is 1.25 bits per heavy atom. The molecule has 0 aromatic carbocycles. The predicted octanol–water partition coefficient (Wildman–Crippen LogP) is 2.16. The summed E-state index contributed by atoms with van der Waals surface area (Å²) >= 11 is 1.63. The second-order valence-corrected chi connectivity index (χ2v) is 3.20. The van der Waals surface area contributed by atoms with Gasteiger partial charge in [0.15, 0.2) is 0 Å². The van der Waals surface area contributed by atoms with Crippen LogP contribution in [0.25, 0.3) is 5.70 Å². The highest BCUT2D eigenvalue weighted by Crippen LogP contribution is 2.15. The summed E-state index contributed by atoms with van der Waals surface area (Å²) < 4.78 is 0. The van der Waals surface area contributed by atoms with Gasteiger partial charge in [0.05, 0.1) is 5.70 Å². The van der Waals surface area contributed by atoms with Gasteiger partial charge in [-0.15, -0.1) is 11.3 Å². The van der Waals surface area contributed by atoms with Gasteiger partial charge in [0.1, 0.15) is 5.01 Å². The van der Waals surface area contributed by atoms with E-state index in [1.165, 1.54) is 0 Å². The minimum atomic E-state index is 1.02. The maximum atomic E-state index is 4.20. The van der Waals surface area contributed by atoms with Crippen molar-refractivity contribution >= 4 is 17.0 Å². The normalized spacial score (nSPS) is 15.2. The molecule has 0 fully saturated rings. The molecular weight excluding hydrogens is 168 g/mol. The van der Waals surface area contributed by atoms with Crippen molar-refractivity contribution in [3.63, 3.8) is 0 Å². The Morgan fingerprint density at radius 3 is 3.08 bits per heavy atom. The van der Waals surface area contributed by atoms with Gasteiger partial charge in [-0.25, -0.2) is 4.98 Å². The van der Waals surface area contributed by atoms with E-state index in [0.29, 0.717) is 0 Å². The summed E-state index contributed by atoms with van der Waals surface area (Å²) in [6.07, 6.45) is 11.6. The molecule has 1 aliphatic rings. The van der Waals surface area contributed by atoms with E-state index < -0.39 is 0 Å². The van der Waals surface area contributed by atoms with Crippen LogP contribution in [0.1, 0.15) is 5.01 Å². The highest BCUT2D eigenvalue weighted by molar-refractivity contribution is 7.10. The standard InChI is InChI=1S/C9H8N2S/c1-2-4-8(10-5-3-1)9-11-6-7-12-9/h1-7,10H. The summed E-state index contributed by atoms with van der Waals surface area (Å²) in [7, 11) is 0. The summed E-state index contributed by atoms with van der Waals surface area (Å²) in [5.74, 6) is 0. The Bertz CT molecular complexity index is 333. The largest absolute Gasteiger partial charge is 0.359 e. The van der Waals surface area contributed by atoms with Crippen molar-refractivity contribution in [3.8, 4) is 0 Å². The first-order valence-electron chi connectivity index (χ1n) is 3.67. The molecular formula is C9H8N2S. The number of nitrogens with one attached hydrogen (secondary N) is 1. The first-order valence-corrected chi connectivity index (χ1v) is 4.55. The van der Waals surface area contributed by atoms with Crippen LogP contribution in [0, 0.1) is 0 Å². The van der Waals surface area contributed by atoms with Crippen LogP contribution >= 0.6 is 11.3 Å². The van der Waals surface area contributed by atoms with E-state index in [-0.39, 0.29) is 0 Å². The Morgan fingerprint density at radius 2 is 2.25 bits per heavy atom. The molecule has 0 amide bonds. The van der Waals surface area contributed by atoms with Crippen LogP contribution in [0.15, 0.2) is 42.1 Å². The molecule has 2 rings (SSSR count). The number of aromatic nitrogens is 1. The Balaban J connectivity index is 2.30. The van der Waals surface area contributed by atoms with Crippen molar-refractivity contribution in [3.05, 3.63) is 47.1 Å². The Hall–Kier alpha value is -1.35. The van der Waals surface area contributed by atoms with Crippen molar-refractivity contribution < 1.29 is 0 Å². The molecule has 3 heteroatoms. The van der Waals surface area contributed by atoms with Crippen molar-refractivity contribution in [1.82, 2.24) is 10.3 Å². The number of rotatable bonds is 1. The third kappa shape index (κ3) is 1.46. The minimum absolute atomic E-state index is 1.02. The molecule has 1 aromatic rings. The first-order chi connectivity index (χ1) is 5.97. The second kappa shape index (κ2) is 3.36. The fourth-order valence-electron chi connectivity index (χ4n) is 0.947. The average molecular weight is 176 g/mol. The molecule has 60 valence electrons. The van der Waals surface area contributed by atoms with Gasteiger partial charge in [0, 0.05) is 17.8 Å². The predicted molar refractivity (Wildman–Crippen MR) is 51.5 cm³/mol. The van der Waals surface area contributed by atoms with Crippen molar-refractivity contribution in [2.45, 2.75) is 0 Å². The molecule has 0 saturated heterocycles. The van der Waals surface area contributed by atoms with Gasteiger partial charge in [-0.05, 0) is 12.2 Å². The number of nitrogens with zero attached hydrogens (tertiary/aromatic N) is 1. The lowest BCUT2D eigenvalue weighted by molar-refractivity contribution is 1.20. The maximum absolute atomic E-state index is 4.20. The van der Waals surface area contributed by atoms with Gasteiger partial charge in [0.25, 0.3) is 0 Å². The van der Waals surface area contributed by atoms with Crippen LogP contribution in [0.2, 0.25) is 0 Å². The lowest BCUT2D eigenvalue weighted by atomic mass is 10.4. The molecule has 0 radical (unpaired) electrons. The van der Waals surface area contributed by atoms with E-state index >= 15 is 0 Å². The van der Waals surface area contributed by atoms with E-state index in [4.69, 9.17) is 0 Å². The lowest BCUT2D eigenvalue weighted by Crippen LogP contribution is -2.01. The van der Waals surface area contributed by atoms with Crippen LogP contribution in [-0.4, -0.2) is 4.98 Å². The molecule has 0 unspecified atom stereocenters. The molecule has 1 aliphatic heterocycles. The summed E-state index contributed by atoms with van der Waals surface area (Å²) in [6.45, 7) is 0. The van der Waals surface area contributed by atoms with Gasteiger partial charge in [-0.1, -0.05) is 12.2 Å². The summed E-state index contributed by atoms with van der Waals surface area (Å²) in [4.78, 5) is 4.20. The van der Waals surface area contributed by atoms with E-state index in [9.17, 15) is 0 Å². The maximum Gasteiger partial charge on any atom is 0.139 e. The fourth-order valence-corrected chi connectivity index (χ4v) is 1.57. The quantitative estimate of drug-likeness (QED) is 0.709. The molecule has 1 aromatic heterocycles. The number of hydrogen-bond donors (Lipinski definition) is 1. The zero-order valence-corrected chi connectivity index (χ0v) is 7.21. The molecule has 0 atom stereocenters. The van der Waals surface area contributed by atoms with E-state index in [0.717, 1.165) is 10.7 Å². The fraction of sp³-hybridized carbons (Fsp3) is 0. The third-order valence-corrected chi connectivity index (χ3v) is 2.29. The number of thiazole rings is 1. The van der Waals surface area contributed by atoms with Gasteiger partial charge in [-0.3, -0.25) is 0 Å². The topological polar surface area (TPSA) is 24.9 Å². The van der Waals surface area contributed by atoms with E-state index in [1.807, 2.05) is 35.9 Å². The van der Waals surface area contributed by atoms with Crippen molar-refractivity contribution in [2.24, 2.45) is 0 Å². The Labute approximate surface area is 75.0 Å². The molecule has 0 saturated carbocycles. The molecule has 2 nitrogen and oxygen atoms in total. The van der Waals surface area contributed by atoms with Gasteiger partial charge in [0.2, 0.25) is 0 Å². The Kier molecular flexibility index (Phi) is 2.05. The summed E-state index contributed by atoms with van der Waals surface area (Å²) in [5.41, 5.74) is 1.05. The van der Waals surface area contributed by atoms with Crippen molar-refractivity contribution in [1.29, 1.82) is 0 Å². The van der Waals surface area contributed by atoms with E-state index in [2.05, 4.69) is 10.3 Å². The highest BCUT2D eigenvalue weighted by Gasteiger charge is 2.00. The van der Waals surface area contributed by atoms with Crippen LogP contribution in [0.5, 0.6) is 0 Å². The zero-order chi connectivity index (χ0) is 8.23. The monoisotopic (exact) mass is 176 g/mol. The lowest BCUT2D eigenvalue weighted by Gasteiger charge is -1.99. The molecule has 0 aliphatic carbocycles. The van der Waals surface area contributed by atoms with Crippen LogP contribution in [0.3, 0.4) is 0 Å². The number of allylic oxidation sites excluding steroid dienone is 4. The first kappa shape index (κ1) is 7.31. The minimum Gasteiger partial charge on any atom is -0.359 e. The van der Waals surface area contributed by atoms with Gasteiger partial charge < -0.3 is 5.32 Å². The summed E-state index contributed by atoms with van der Waals surface area (Å²) in [6, 6.07) is 0. The van der Waals surface area contributed by atoms with Crippen molar-refractivity contribution in [2.75, 3.05) is 0 Å². The summed E-state index contributed by atoms with van der Waals surface area (Å²) in [5, 5.41) is 6.14. The SMILES string of the molecule is C1=CC=C(c2nccs2)NC=C1. The third-order valence-electron chi connectivity index (χ3n) is 1.48. The van der Waals surface area contributed by atoms with Gasteiger partial charge in [-0.2, -0.15) is 0 Å². The average Bonchev–Trinajstić information content (AvgIpc) is 2.48. The highest BCUT2D eigenvalue weighted by atomic mass is 32.1. The molecule has 0 spiro atoms. The second-order valence-electron chi connectivity index (χ2n) is 2.31. The van der Waals surface area contributed by atoms with Crippen LogP contribution in [-0.2, 0) is 0 Å². The smallest absolute Gasteiger partial charge is 0.139 e. The molecule has 1 N–H and O–H groups in total. The zero-order valence-electron chi connectivity index (χ0n) is 6.40. The molecule has 0 bridgehead atoms. The van der Waals surface area contributed by atoms with Crippen LogP contribution in [0.4, 0.5) is 0 Å². The van der Waals surface area contributed by atoms with Gasteiger partial charge >= 0.3 is 0 Å². The molecule has 2 heterocycles. The molecule has 12 heavy (non-hydrogen) atoms.